The zero-order chi connectivity index (χ0) is 13.9. The highest BCUT2D eigenvalue weighted by atomic mass is 16.5. The first-order valence-electron chi connectivity index (χ1n) is 8.33. The molecule has 1 aromatic rings. The molecule has 0 aliphatic heterocycles. The third kappa shape index (κ3) is 3.22. The van der Waals surface area contributed by atoms with Crippen LogP contribution in [-0.4, -0.2) is 22.7 Å². The van der Waals surface area contributed by atoms with E-state index in [0.717, 1.165) is 36.5 Å². The monoisotopic (exact) mass is 277 g/mol. The maximum Gasteiger partial charge on any atom is 0.228 e. The quantitative estimate of drug-likeness (QED) is 0.831. The Balaban J connectivity index is 1.60. The van der Waals surface area contributed by atoms with E-state index in [1.54, 1.807) is 0 Å². The molecular formula is C16H27N3O. The minimum atomic E-state index is 0.516. The van der Waals surface area contributed by atoms with Gasteiger partial charge in [0.1, 0.15) is 0 Å². The van der Waals surface area contributed by atoms with Gasteiger partial charge in [-0.25, -0.2) is 0 Å². The van der Waals surface area contributed by atoms with E-state index in [-0.39, 0.29) is 0 Å². The lowest BCUT2D eigenvalue weighted by atomic mass is 9.95. The number of hydrogen-bond donors (Lipinski definition) is 1. The Morgan fingerprint density at radius 3 is 2.75 bits per heavy atom. The maximum atomic E-state index is 5.48. The van der Waals surface area contributed by atoms with Crippen molar-refractivity contribution in [1.82, 2.24) is 15.5 Å². The molecule has 20 heavy (non-hydrogen) atoms. The molecular weight excluding hydrogens is 250 g/mol. The largest absolute Gasteiger partial charge is 0.339 e. The van der Waals surface area contributed by atoms with Crippen molar-refractivity contribution in [3.05, 3.63) is 11.7 Å². The summed E-state index contributed by atoms with van der Waals surface area (Å²) in [4.78, 5) is 4.62. The van der Waals surface area contributed by atoms with Crippen LogP contribution in [0.2, 0.25) is 0 Å². The average Bonchev–Trinajstić information content (AvgIpc) is 2.92. The molecule has 3 rings (SSSR count). The van der Waals surface area contributed by atoms with Gasteiger partial charge in [0.25, 0.3) is 0 Å². The van der Waals surface area contributed by atoms with Gasteiger partial charge in [0, 0.05) is 18.4 Å². The molecule has 0 spiro atoms. The Morgan fingerprint density at radius 1 is 1.35 bits per heavy atom. The number of hydrogen-bond acceptors (Lipinski definition) is 4. The van der Waals surface area contributed by atoms with Gasteiger partial charge in [0.05, 0.1) is 0 Å². The first kappa shape index (κ1) is 14.1. The minimum absolute atomic E-state index is 0.516. The van der Waals surface area contributed by atoms with Crippen LogP contribution in [-0.2, 0) is 6.42 Å². The van der Waals surface area contributed by atoms with Gasteiger partial charge in [-0.1, -0.05) is 31.8 Å². The van der Waals surface area contributed by atoms with Crippen molar-refractivity contribution in [2.45, 2.75) is 70.8 Å². The summed E-state index contributed by atoms with van der Waals surface area (Å²) in [5.41, 5.74) is 0. The van der Waals surface area contributed by atoms with Crippen LogP contribution in [0.3, 0.4) is 0 Å². The van der Waals surface area contributed by atoms with Crippen molar-refractivity contribution >= 4 is 0 Å². The Kier molecular flexibility index (Phi) is 4.39. The Bertz CT molecular complexity index is 425. The Morgan fingerprint density at radius 2 is 2.10 bits per heavy atom. The lowest BCUT2D eigenvalue weighted by Crippen LogP contribution is -2.37. The van der Waals surface area contributed by atoms with Crippen LogP contribution >= 0.6 is 0 Å². The fourth-order valence-corrected chi connectivity index (χ4v) is 3.47. The van der Waals surface area contributed by atoms with Gasteiger partial charge in [-0.15, -0.1) is 0 Å². The van der Waals surface area contributed by atoms with Crippen LogP contribution in [0.25, 0.3) is 0 Å². The fraction of sp³-hybridized carbons (Fsp3) is 0.875. The third-order valence-electron chi connectivity index (χ3n) is 4.94. The standard InChI is InChI=1S/C16H27N3O/c1-3-8-17-14(12-6-4-5-7-12)10-15-18-16(19-20-15)13-9-11(13)2/h11-14,17H,3-10H2,1-2H3. The van der Waals surface area contributed by atoms with Gasteiger partial charge in [-0.2, -0.15) is 4.98 Å². The van der Waals surface area contributed by atoms with Crippen LogP contribution in [0.1, 0.15) is 70.0 Å². The average molecular weight is 277 g/mol. The number of nitrogens with one attached hydrogen (secondary N) is 1. The summed E-state index contributed by atoms with van der Waals surface area (Å²) in [5, 5.41) is 7.87. The van der Waals surface area contributed by atoms with Gasteiger partial charge in [0.2, 0.25) is 5.89 Å². The van der Waals surface area contributed by atoms with Crippen LogP contribution in [0.4, 0.5) is 0 Å². The molecule has 3 unspecified atom stereocenters. The highest BCUT2D eigenvalue weighted by Crippen LogP contribution is 2.45. The van der Waals surface area contributed by atoms with Gasteiger partial charge >= 0.3 is 0 Å². The predicted octanol–water partition coefficient (Wildman–Crippen LogP) is 3.29. The lowest BCUT2D eigenvalue weighted by Gasteiger charge is -2.23. The molecule has 0 radical (unpaired) electrons. The third-order valence-corrected chi connectivity index (χ3v) is 4.94. The molecule has 1 N–H and O–H groups in total. The van der Waals surface area contributed by atoms with E-state index in [0.29, 0.717) is 12.0 Å². The molecule has 1 heterocycles. The first-order chi connectivity index (χ1) is 9.78. The summed E-state index contributed by atoms with van der Waals surface area (Å²) in [6.07, 6.45) is 8.76. The van der Waals surface area contributed by atoms with Crippen molar-refractivity contribution in [3.8, 4) is 0 Å². The molecule has 2 aliphatic carbocycles. The van der Waals surface area contributed by atoms with Crippen LogP contribution in [0, 0.1) is 11.8 Å². The molecule has 2 saturated carbocycles. The van der Waals surface area contributed by atoms with E-state index >= 15 is 0 Å². The van der Waals surface area contributed by atoms with Crippen LogP contribution in [0.15, 0.2) is 4.52 Å². The molecule has 2 aliphatic rings. The second kappa shape index (κ2) is 6.25. The zero-order valence-electron chi connectivity index (χ0n) is 12.8. The van der Waals surface area contributed by atoms with Crippen molar-refractivity contribution in [1.29, 1.82) is 0 Å². The molecule has 112 valence electrons. The second-order valence-electron chi connectivity index (χ2n) is 6.68. The summed E-state index contributed by atoms with van der Waals surface area (Å²) < 4.78 is 5.48. The predicted molar refractivity (Wildman–Crippen MR) is 78.6 cm³/mol. The molecule has 0 saturated heterocycles. The molecule has 3 atom stereocenters. The van der Waals surface area contributed by atoms with E-state index in [4.69, 9.17) is 4.52 Å². The van der Waals surface area contributed by atoms with Crippen LogP contribution in [0.5, 0.6) is 0 Å². The van der Waals surface area contributed by atoms with Crippen LogP contribution < -0.4 is 5.32 Å². The van der Waals surface area contributed by atoms with Gasteiger partial charge < -0.3 is 9.84 Å². The van der Waals surface area contributed by atoms with Crippen molar-refractivity contribution < 1.29 is 4.52 Å². The fourth-order valence-electron chi connectivity index (χ4n) is 3.47. The first-order valence-corrected chi connectivity index (χ1v) is 8.33. The normalized spacial score (nSPS) is 27.9. The van der Waals surface area contributed by atoms with Gasteiger partial charge in [0.15, 0.2) is 5.82 Å². The minimum Gasteiger partial charge on any atom is -0.339 e. The van der Waals surface area contributed by atoms with E-state index in [1.807, 2.05) is 0 Å². The highest BCUT2D eigenvalue weighted by Gasteiger charge is 2.38. The maximum absolute atomic E-state index is 5.48. The van der Waals surface area contributed by atoms with Gasteiger partial charge in [-0.05, 0) is 44.1 Å². The van der Waals surface area contributed by atoms with E-state index in [9.17, 15) is 0 Å². The molecule has 0 bridgehead atoms. The molecule has 0 aromatic carbocycles. The SMILES string of the molecule is CCCNC(Cc1nc(C2CC2C)no1)C1CCCC1. The smallest absolute Gasteiger partial charge is 0.228 e. The molecule has 4 nitrogen and oxygen atoms in total. The zero-order valence-corrected chi connectivity index (χ0v) is 12.8. The summed E-state index contributed by atoms with van der Waals surface area (Å²) in [6, 6.07) is 0.516. The second-order valence-corrected chi connectivity index (χ2v) is 6.68. The van der Waals surface area contributed by atoms with E-state index < -0.39 is 0 Å². The number of rotatable bonds is 7. The molecule has 4 heteroatoms. The van der Waals surface area contributed by atoms with E-state index in [2.05, 4.69) is 29.3 Å². The van der Waals surface area contributed by atoms with Crippen molar-refractivity contribution in [2.24, 2.45) is 11.8 Å². The summed E-state index contributed by atoms with van der Waals surface area (Å²) in [6.45, 7) is 5.56. The number of nitrogens with zero attached hydrogens (tertiary/aromatic N) is 2. The molecule has 2 fully saturated rings. The Labute approximate surface area is 121 Å². The van der Waals surface area contributed by atoms with Crippen molar-refractivity contribution in [3.63, 3.8) is 0 Å². The summed E-state index contributed by atoms with van der Waals surface area (Å²) >= 11 is 0. The lowest BCUT2D eigenvalue weighted by molar-refractivity contribution is 0.307. The summed E-state index contributed by atoms with van der Waals surface area (Å²) in [5.74, 6) is 3.86. The van der Waals surface area contributed by atoms with E-state index in [1.165, 1.54) is 38.5 Å². The topological polar surface area (TPSA) is 51.0 Å². The molecule has 1 aromatic heterocycles. The molecule has 0 amide bonds. The highest BCUT2D eigenvalue weighted by molar-refractivity contribution is 5.08. The number of aromatic nitrogens is 2. The van der Waals surface area contributed by atoms with Crippen molar-refractivity contribution in [2.75, 3.05) is 6.54 Å². The Hall–Kier alpha value is -0.900. The summed E-state index contributed by atoms with van der Waals surface area (Å²) in [7, 11) is 0. The van der Waals surface area contributed by atoms with Gasteiger partial charge in [-0.3, -0.25) is 0 Å².